The summed E-state index contributed by atoms with van der Waals surface area (Å²) in [7, 11) is 1.34. The fourth-order valence-corrected chi connectivity index (χ4v) is 4.22. The Labute approximate surface area is 247 Å². The number of ether oxygens (including phenoxy) is 2. The van der Waals surface area contributed by atoms with Crippen molar-refractivity contribution in [2.45, 2.75) is 65.5 Å². The third-order valence-corrected chi connectivity index (χ3v) is 6.47. The lowest BCUT2D eigenvalue weighted by atomic mass is 9.71. The van der Waals surface area contributed by atoms with E-state index < -0.39 is 71.6 Å². The van der Waals surface area contributed by atoms with Crippen LogP contribution in [0.1, 0.15) is 64.2 Å². The highest BCUT2D eigenvalue weighted by atomic mass is 19.5. The quantitative estimate of drug-likeness (QED) is 0.169. The zero-order chi connectivity index (χ0) is 32.0. The monoisotopic (exact) mass is 652 g/mol. The number of methoxy groups -OCH3 is 1. The Kier molecular flexibility index (Phi) is 14.6. The zero-order valence-corrected chi connectivity index (χ0v) is 22.2. The predicted octanol–water partition coefficient (Wildman–Crippen LogP) is 11.5. The van der Waals surface area contributed by atoms with Crippen LogP contribution in [0.4, 0.5) is 52.7 Å². The molecule has 44 heavy (non-hydrogen) atoms. The van der Waals surface area contributed by atoms with Crippen molar-refractivity contribution in [1.29, 1.82) is 0 Å². The van der Waals surface area contributed by atoms with Gasteiger partial charge >= 0.3 is 12.6 Å². The average Bonchev–Trinajstić information content (AvgIpc) is 2.92. The van der Waals surface area contributed by atoms with Gasteiger partial charge in [-0.2, -0.15) is 22.0 Å². The van der Waals surface area contributed by atoms with Crippen molar-refractivity contribution in [2.75, 3.05) is 13.8 Å². The Bertz CT molecular complexity index is 1290. The first-order valence-electron chi connectivity index (χ1n) is 12.1. The Morgan fingerprint density at radius 1 is 0.682 bits per heavy atom. The number of hydrogen-bond donors (Lipinski definition) is 0. The Balaban J connectivity index is 0.00000244. The molecule has 248 valence electrons. The summed E-state index contributed by atoms with van der Waals surface area (Å²) >= 11 is 0. The van der Waals surface area contributed by atoms with Gasteiger partial charge in [0.1, 0.15) is 16.9 Å². The van der Waals surface area contributed by atoms with E-state index in [0.29, 0.717) is 5.75 Å². The maximum absolute atomic E-state index is 14.6. The molecule has 2 atom stereocenters. The standard InChI is InChI=1S/C27H24F8O2.CF4.2CH4/c1-4-15(2)20-21(29)23(31)25(24(32)22(20)30)37-19-11-7-17(8-12-19)26(13-14-28,27(33,34)35)16-5-9-18(36-3)10-6-16;2-1(3,4)5;;/h5-12,15H,4,13-14H2,1-3H3;;2*1H4. The molecule has 0 aliphatic carbocycles. The summed E-state index contributed by atoms with van der Waals surface area (Å²) in [6.45, 7) is 1.68. The lowest BCUT2D eigenvalue weighted by molar-refractivity contribution is -0.237. The lowest BCUT2D eigenvalue weighted by Crippen LogP contribution is -2.44. The highest BCUT2D eigenvalue weighted by Crippen LogP contribution is 2.49. The van der Waals surface area contributed by atoms with Gasteiger partial charge in [0.05, 0.1) is 13.8 Å². The molecule has 0 amide bonds. The van der Waals surface area contributed by atoms with Crippen LogP contribution in [0.5, 0.6) is 17.2 Å². The molecule has 0 saturated carbocycles. The molecular formula is C30H32F12O2. The third-order valence-electron chi connectivity index (χ3n) is 6.47. The molecule has 3 aromatic rings. The van der Waals surface area contributed by atoms with Crippen molar-refractivity contribution in [2.24, 2.45) is 0 Å². The fourth-order valence-electron chi connectivity index (χ4n) is 4.22. The van der Waals surface area contributed by atoms with E-state index in [0.717, 1.165) is 24.3 Å². The summed E-state index contributed by atoms with van der Waals surface area (Å²) < 4.78 is 164. The molecule has 3 rings (SSSR count). The van der Waals surface area contributed by atoms with Crippen LogP contribution in [0, 0.1) is 23.3 Å². The summed E-state index contributed by atoms with van der Waals surface area (Å²) in [5.41, 5.74) is -4.16. The summed E-state index contributed by atoms with van der Waals surface area (Å²) in [6, 6.07) is 8.77. The highest BCUT2D eigenvalue weighted by molar-refractivity contribution is 5.46. The van der Waals surface area contributed by atoms with E-state index in [4.69, 9.17) is 9.47 Å². The molecule has 0 spiro atoms. The van der Waals surface area contributed by atoms with Gasteiger partial charge in [0.25, 0.3) is 0 Å². The van der Waals surface area contributed by atoms with Crippen LogP contribution >= 0.6 is 0 Å². The zero-order valence-electron chi connectivity index (χ0n) is 22.2. The topological polar surface area (TPSA) is 18.5 Å². The molecule has 2 nitrogen and oxygen atoms in total. The minimum atomic E-state index is -5.50. The SMILES string of the molecule is C.C.CCC(C)c1c(F)c(F)c(Oc2ccc(C(CCF)(c3ccc(OC)cc3)C(F)(F)F)cc2)c(F)c1F.FC(F)(F)F. The molecule has 3 aromatic carbocycles. The molecule has 0 aromatic heterocycles. The second-order valence-electron chi connectivity index (χ2n) is 8.93. The van der Waals surface area contributed by atoms with Crippen LogP contribution in [0.15, 0.2) is 48.5 Å². The molecule has 0 aliphatic rings. The molecule has 0 bridgehead atoms. The van der Waals surface area contributed by atoms with Crippen molar-refractivity contribution in [3.8, 4) is 17.2 Å². The van der Waals surface area contributed by atoms with Gasteiger partial charge in [-0.05, 0) is 54.2 Å². The van der Waals surface area contributed by atoms with Gasteiger partial charge < -0.3 is 9.47 Å². The van der Waals surface area contributed by atoms with E-state index in [-0.39, 0.29) is 38.2 Å². The number of benzene rings is 3. The molecule has 0 N–H and O–H groups in total. The van der Waals surface area contributed by atoms with Gasteiger partial charge in [0.2, 0.25) is 17.4 Å². The van der Waals surface area contributed by atoms with Gasteiger partial charge in [-0.1, -0.05) is 53.0 Å². The average molecular weight is 653 g/mol. The van der Waals surface area contributed by atoms with Crippen molar-refractivity contribution in [1.82, 2.24) is 0 Å². The minimum absolute atomic E-state index is 0. The Morgan fingerprint density at radius 3 is 1.39 bits per heavy atom. The van der Waals surface area contributed by atoms with E-state index in [2.05, 4.69) is 0 Å². The van der Waals surface area contributed by atoms with Crippen molar-refractivity contribution < 1.29 is 62.2 Å². The first kappa shape index (κ1) is 40.4. The van der Waals surface area contributed by atoms with Crippen molar-refractivity contribution in [3.63, 3.8) is 0 Å². The van der Waals surface area contributed by atoms with E-state index in [1.807, 2.05) is 0 Å². The number of alkyl halides is 8. The van der Waals surface area contributed by atoms with Crippen LogP contribution < -0.4 is 9.47 Å². The molecule has 0 radical (unpaired) electrons. The van der Waals surface area contributed by atoms with E-state index >= 15 is 0 Å². The summed E-state index contributed by atoms with van der Waals surface area (Å²) in [5.74, 6) is -9.03. The molecule has 0 fully saturated rings. The number of halogens is 12. The second-order valence-corrected chi connectivity index (χ2v) is 8.93. The van der Waals surface area contributed by atoms with Gasteiger partial charge in [0.15, 0.2) is 11.6 Å². The predicted molar refractivity (Wildman–Crippen MR) is 143 cm³/mol. The summed E-state index contributed by atoms with van der Waals surface area (Å²) in [6.07, 6.45) is -11.2. The van der Waals surface area contributed by atoms with Gasteiger partial charge in [0, 0.05) is 5.56 Å². The maximum Gasteiger partial charge on any atom is 0.559 e. The van der Waals surface area contributed by atoms with E-state index in [1.54, 1.807) is 6.92 Å². The van der Waals surface area contributed by atoms with Crippen LogP contribution in [0.25, 0.3) is 0 Å². The Morgan fingerprint density at radius 2 is 1.07 bits per heavy atom. The first-order chi connectivity index (χ1) is 19.4. The van der Waals surface area contributed by atoms with E-state index in [9.17, 15) is 52.7 Å². The van der Waals surface area contributed by atoms with Crippen LogP contribution in [0.2, 0.25) is 0 Å². The van der Waals surface area contributed by atoms with Crippen molar-refractivity contribution in [3.05, 3.63) is 88.5 Å². The van der Waals surface area contributed by atoms with Gasteiger partial charge in [-0.15, -0.1) is 17.6 Å². The summed E-state index contributed by atoms with van der Waals surface area (Å²) in [4.78, 5) is 0. The van der Waals surface area contributed by atoms with Crippen LogP contribution in [0.3, 0.4) is 0 Å². The molecule has 0 aliphatic heterocycles. The fraction of sp³-hybridized carbons (Fsp3) is 0.400. The third kappa shape index (κ3) is 8.98. The molecule has 14 heteroatoms. The second kappa shape index (κ2) is 15.9. The molecule has 0 saturated heterocycles. The lowest BCUT2D eigenvalue weighted by Gasteiger charge is -2.36. The Hall–Kier alpha value is -3.58. The molecule has 0 heterocycles. The van der Waals surface area contributed by atoms with Crippen LogP contribution in [-0.2, 0) is 5.41 Å². The number of hydrogen-bond acceptors (Lipinski definition) is 2. The maximum atomic E-state index is 14.6. The number of rotatable bonds is 9. The smallest absolute Gasteiger partial charge is 0.497 e. The largest absolute Gasteiger partial charge is 0.559 e. The first-order valence-corrected chi connectivity index (χ1v) is 12.1. The molecule has 2 unspecified atom stereocenters. The van der Waals surface area contributed by atoms with Gasteiger partial charge in [-0.25, -0.2) is 8.78 Å². The molecular weight excluding hydrogens is 620 g/mol. The normalized spacial score (nSPS) is 13.3. The van der Waals surface area contributed by atoms with Gasteiger partial charge in [-0.3, -0.25) is 4.39 Å². The summed E-state index contributed by atoms with van der Waals surface area (Å²) in [5, 5.41) is 0. The minimum Gasteiger partial charge on any atom is -0.497 e. The van der Waals surface area contributed by atoms with Crippen LogP contribution in [-0.4, -0.2) is 26.4 Å². The highest BCUT2D eigenvalue weighted by Gasteiger charge is 2.56. The van der Waals surface area contributed by atoms with E-state index in [1.165, 1.54) is 38.3 Å². The van der Waals surface area contributed by atoms with Crippen molar-refractivity contribution >= 4 is 0 Å².